The van der Waals surface area contributed by atoms with Crippen LogP contribution in [0.15, 0.2) is 10.9 Å². The number of nitrogens with one attached hydrogen (secondary N) is 1. The summed E-state index contributed by atoms with van der Waals surface area (Å²) in [5, 5.41) is 9.35. The number of carbonyl (C=O) groups is 1. The second-order valence-corrected chi connectivity index (χ2v) is 3.24. The molecule has 0 unspecified atom stereocenters. The van der Waals surface area contributed by atoms with Gasteiger partial charge in [-0.1, -0.05) is 0 Å². The molecule has 0 bridgehead atoms. The van der Waals surface area contributed by atoms with Crippen molar-refractivity contribution in [1.29, 1.82) is 0 Å². The van der Waals surface area contributed by atoms with Gasteiger partial charge in [-0.25, -0.2) is 0 Å². The smallest absolute Gasteiger partial charge is 0.273 e. The molecule has 1 aromatic heterocycles. The number of aromatic hydroxyl groups is 1. The molecule has 0 aliphatic rings. The molecule has 0 aliphatic carbocycles. The highest BCUT2D eigenvalue weighted by atomic mass is 16.3. The van der Waals surface area contributed by atoms with Crippen LogP contribution in [0.5, 0.6) is 5.75 Å². The summed E-state index contributed by atoms with van der Waals surface area (Å²) < 4.78 is 0. The summed E-state index contributed by atoms with van der Waals surface area (Å²) in [6, 6.07) is 1.24. The number of nitrogens with zero attached hydrogens (tertiary/aromatic N) is 1. The van der Waals surface area contributed by atoms with E-state index >= 15 is 0 Å². The molecule has 1 heterocycles. The Morgan fingerprint density at radius 1 is 1.50 bits per heavy atom. The second-order valence-electron chi connectivity index (χ2n) is 3.24. The number of pyridine rings is 1. The van der Waals surface area contributed by atoms with Crippen LogP contribution in [0, 0.1) is 6.92 Å². The van der Waals surface area contributed by atoms with Crippen LogP contribution in [-0.4, -0.2) is 35.0 Å². The summed E-state index contributed by atoms with van der Waals surface area (Å²) in [5.74, 6) is -0.961. The fraction of sp³-hybridized carbons (Fsp3) is 0.333. The third-order valence-corrected chi connectivity index (χ3v) is 1.76. The van der Waals surface area contributed by atoms with Crippen molar-refractivity contribution >= 4 is 5.91 Å². The van der Waals surface area contributed by atoms with Gasteiger partial charge < -0.3 is 15.0 Å². The van der Waals surface area contributed by atoms with E-state index in [0.29, 0.717) is 5.69 Å². The third kappa shape index (κ3) is 1.76. The Hall–Kier alpha value is -1.78. The van der Waals surface area contributed by atoms with Crippen molar-refractivity contribution in [3.8, 4) is 5.75 Å². The Morgan fingerprint density at radius 3 is 2.57 bits per heavy atom. The van der Waals surface area contributed by atoms with Gasteiger partial charge in [0.05, 0.1) is 0 Å². The van der Waals surface area contributed by atoms with Crippen molar-refractivity contribution < 1.29 is 9.90 Å². The monoisotopic (exact) mass is 196 g/mol. The van der Waals surface area contributed by atoms with E-state index in [1.165, 1.54) is 11.0 Å². The van der Waals surface area contributed by atoms with Crippen molar-refractivity contribution in [2.75, 3.05) is 14.1 Å². The molecule has 0 aliphatic heterocycles. The van der Waals surface area contributed by atoms with Crippen LogP contribution in [-0.2, 0) is 0 Å². The van der Waals surface area contributed by atoms with E-state index in [1.54, 1.807) is 21.0 Å². The van der Waals surface area contributed by atoms with Crippen molar-refractivity contribution in [3.05, 3.63) is 27.7 Å². The molecule has 0 aromatic carbocycles. The first-order valence-electron chi connectivity index (χ1n) is 4.08. The largest absolute Gasteiger partial charge is 0.503 e. The summed E-state index contributed by atoms with van der Waals surface area (Å²) in [6.45, 7) is 1.65. The predicted octanol–water partition coefficient (Wildman–Crippen LogP) is 0.0907. The highest BCUT2D eigenvalue weighted by Gasteiger charge is 2.16. The molecule has 5 nitrogen and oxygen atoms in total. The lowest BCUT2D eigenvalue weighted by Gasteiger charge is -2.11. The van der Waals surface area contributed by atoms with Crippen LogP contribution in [0.25, 0.3) is 0 Å². The Bertz CT molecular complexity index is 421. The summed E-state index contributed by atoms with van der Waals surface area (Å²) in [4.78, 5) is 26.6. The first kappa shape index (κ1) is 10.3. The van der Waals surface area contributed by atoms with E-state index in [9.17, 15) is 14.7 Å². The fourth-order valence-corrected chi connectivity index (χ4v) is 1.06. The molecular formula is C9H12N2O3. The molecule has 0 saturated heterocycles. The van der Waals surface area contributed by atoms with Gasteiger partial charge >= 0.3 is 0 Å². The Labute approximate surface area is 81.0 Å². The van der Waals surface area contributed by atoms with Gasteiger partial charge in [-0.2, -0.15) is 0 Å². The van der Waals surface area contributed by atoms with E-state index in [0.717, 1.165) is 0 Å². The van der Waals surface area contributed by atoms with Gasteiger partial charge in [-0.15, -0.1) is 0 Å². The number of carbonyl (C=O) groups excluding carboxylic acids is 1. The van der Waals surface area contributed by atoms with Crippen LogP contribution in [0.1, 0.15) is 16.2 Å². The highest BCUT2D eigenvalue weighted by molar-refractivity contribution is 5.94. The van der Waals surface area contributed by atoms with Gasteiger partial charge in [0, 0.05) is 25.9 Å². The topological polar surface area (TPSA) is 73.4 Å². The van der Waals surface area contributed by atoms with Gasteiger partial charge in [0.15, 0.2) is 11.4 Å². The molecule has 5 heteroatoms. The van der Waals surface area contributed by atoms with Crippen LogP contribution in [0.4, 0.5) is 0 Å². The number of rotatable bonds is 1. The maximum absolute atomic E-state index is 11.5. The SMILES string of the molecule is Cc1cc(=O)c(O)c(C(=O)N(C)C)[nH]1. The lowest BCUT2D eigenvalue weighted by atomic mass is 10.2. The number of aromatic amines is 1. The standard InChI is InChI=1S/C9H12N2O3/c1-5-4-6(12)8(13)7(10-5)9(14)11(2)3/h4,13H,1-3H3,(H,10,12). The maximum Gasteiger partial charge on any atom is 0.273 e. The molecule has 0 saturated carbocycles. The molecule has 0 atom stereocenters. The highest BCUT2D eigenvalue weighted by Crippen LogP contribution is 2.10. The van der Waals surface area contributed by atoms with Crippen LogP contribution < -0.4 is 5.43 Å². The first-order valence-corrected chi connectivity index (χ1v) is 4.08. The van der Waals surface area contributed by atoms with E-state index in [2.05, 4.69) is 4.98 Å². The average Bonchev–Trinajstić information content (AvgIpc) is 2.09. The predicted molar refractivity (Wildman–Crippen MR) is 51.5 cm³/mol. The van der Waals surface area contributed by atoms with Crippen molar-refractivity contribution in [2.45, 2.75) is 6.92 Å². The van der Waals surface area contributed by atoms with E-state index in [-0.39, 0.29) is 5.69 Å². The van der Waals surface area contributed by atoms with Gasteiger partial charge in [-0.05, 0) is 6.92 Å². The Kier molecular flexibility index (Phi) is 2.60. The quantitative estimate of drug-likeness (QED) is 0.668. The second kappa shape index (κ2) is 3.53. The number of hydrogen-bond acceptors (Lipinski definition) is 3. The van der Waals surface area contributed by atoms with Gasteiger partial charge in [0.2, 0.25) is 5.43 Å². The minimum absolute atomic E-state index is 0.0694. The Balaban J connectivity index is 3.35. The molecule has 1 aromatic rings. The molecule has 0 radical (unpaired) electrons. The minimum atomic E-state index is -0.550. The zero-order valence-corrected chi connectivity index (χ0v) is 8.29. The zero-order valence-electron chi connectivity index (χ0n) is 8.29. The molecule has 1 amide bonds. The van der Waals surface area contributed by atoms with E-state index in [1.807, 2.05) is 0 Å². The fourth-order valence-electron chi connectivity index (χ4n) is 1.06. The molecular weight excluding hydrogens is 184 g/mol. The zero-order chi connectivity index (χ0) is 10.9. The lowest BCUT2D eigenvalue weighted by Crippen LogP contribution is -2.24. The molecule has 14 heavy (non-hydrogen) atoms. The normalized spacial score (nSPS) is 9.93. The Morgan fingerprint density at radius 2 is 2.07 bits per heavy atom. The van der Waals surface area contributed by atoms with Gasteiger partial charge in [0.1, 0.15) is 0 Å². The maximum atomic E-state index is 11.5. The number of H-pyrrole nitrogens is 1. The van der Waals surface area contributed by atoms with Crippen LogP contribution >= 0.6 is 0 Å². The molecule has 76 valence electrons. The first-order chi connectivity index (χ1) is 6.43. The van der Waals surface area contributed by atoms with Crippen molar-refractivity contribution in [3.63, 3.8) is 0 Å². The third-order valence-electron chi connectivity index (χ3n) is 1.76. The van der Waals surface area contributed by atoms with Gasteiger partial charge in [0.25, 0.3) is 5.91 Å². The molecule has 2 N–H and O–H groups in total. The number of aryl methyl sites for hydroxylation is 1. The lowest BCUT2D eigenvalue weighted by molar-refractivity contribution is 0.0818. The summed E-state index contributed by atoms with van der Waals surface area (Å²) in [7, 11) is 3.09. The molecule has 1 rings (SSSR count). The van der Waals surface area contributed by atoms with Crippen LogP contribution in [0.2, 0.25) is 0 Å². The minimum Gasteiger partial charge on any atom is -0.503 e. The van der Waals surface area contributed by atoms with Gasteiger partial charge in [-0.3, -0.25) is 9.59 Å². The summed E-state index contributed by atoms with van der Waals surface area (Å²) in [5.41, 5.74) is -0.0792. The number of aromatic nitrogens is 1. The molecule has 0 fully saturated rings. The average molecular weight is 196 g/mol. The summed E-state index contributed by atoms with van der Waals surface area (Å²) in [6.07, 6.45) is 0. The number of hydrogen-bond donors (Lipinski definition) is 2. The van der Waals surface area contributed by atoms with Crippen molar-refractivity contribution in [1.82, 2.24) is 9.88 Å². The summed E-state index contributed by atoms with van der Waals surface area (Å²) >= 11 is 0. The van der Waals surface area contributed by atoms with Crippen LogP contribution in [0.3, 0.4) is 0 Å². The van der Waals surface area contributed by atoms with E-state index < -0.39 is 17.1 Å². The van der Waals surface area contributed by atoms with E-state index in [4.69, 9.17) is 0 Å². The van der Waals surface area contributed by atoms with Crippen molar-refractivity contribution in [2.24, 2.45) is 0 Å². The number of amides is 1. The molecule has 0 spiro atoms.